The molecule has 2 amide bonds. The molecule has 1 rings (SSSR count). The molecule has 0 aromatic carbocycles. The van der Waals surface area contributed by atoms with Gasteiger partial charge in [-0.05, 0) is 71.1 Å². The Hall–Kier alpha value is -3.24. The summed E-state index contributed by atoms with van der Waals surface area (Å²) in [5.74, 6) is -0.850. The number of hydrogen-bond acceptors (Lipinski definition) is 9. The summed E-state index contributed by atoms with van der Waals surface area (Å²) in [6, 6.07) is -2.61. The van der Waals surface area contributed by atoms with E-state index in [2.05, 4.69) is 15.6 Å². The SMILES string of the molecule is CCOC(=O)C(CCCCN=C(CC(C)C)C1=C(O)CC(C)(C)CC1=O)NC(=O)NC(C=O)CCC(=O)OC(C)(C)C. The lowest BCUT2D eigenvalue weighted by molar-refractivity contribution is -0.155. The topological polar surface area (TPSA) is 160 Å². The van der Waals surface area contributed by atoms with E-state index < -0.39 is 35.7 Å². The largest absolute Gasteiger partial charge is 0.511 e. The zero-order valence-electron chi connectivity index (χ0n) is 26.6. The molecule has 0 saturated carbocycles. The molecule has 1 aliphatic carbocycles. The Morgan fingerprint density at radius 3 is 2.31 bits per heavy atom. The number of nitrogens with one attached hydrogen (secondary N) is 2. The molecule has 11 heteroatoms. The molecule has 238 valence electrons. The van der Waals surface area contributed by atoms with Gasteiger partial charge in [0.1, 0.15) is 23.7 Å². The van der Waals surface area contributed by atoms with Gasteiger partial charge in [-0.15, -0.1) is 0 Å². The lowest BCUT2D eigenvalue weighted by Gasteiger charge is -2.30. The van der Waals surface area contributed by atoms with E-state index in [-0.39, 0.29) is 48.7 Å². The summed E-state index contributed by atoms with van der Waals surface area (Å²) in [4.78, 5) is 66.0. The van der Waals surface area contributed by atoms with Crippen LogP contribution in [0.2, 0.25) is 0 Å². The maximum atomic E-state index is 12.8. The third-order valence-electron chi connectivity index (χ3n) is 6.38. The molecule has 42 heavy (non-hydrogen) atoms. The van der Waals surface area contributed by atoms with Gasteiger partial charge in [-0.25, -0.2) is 9.59 Å². The van der Waals surface area contributed by atoms with E-state index in [4.69, 9.17) is 9.47 Å². The number of allylic oxidation sites excluding steroid dienone is 2. The number of aliphatic hydroxyl groups excluding tert-OH is 1. The van der Waals surface area contributed by atoms with Crippen molar-refractivity contribution in [1.82, 2.24) is 10.6 Å². The van der Waals surface area contributed by atoms with Crippen LogP contribution in [-0.4, -0.2) is 71.7 Å². The lowest BCUT2D eigenvalue weighted by Crippen LogP contribution is -2.50. The molecular formula is C31H51N3O8. The maximum Gasteiger partial charge on any atom is 0.328 e. The minimum absolute atomic E-state index is 0.0542. The van der Waals surface area contributed by atoms with Crippen molar-refractivity contribution >= 4 is 35.8 Å². The number of Topliss-reactive ketones (excluding diaryl/α,β-unsaturated/α-hetero) is 1. The first-order valence-corrected chi connectivity index (χ1v) is 14.9. The second kappa shape index (κ2) is 17.0. The van der Waals surface area contributed by atoms with Gasteiger partial charge in [-0.2, -0.15) is 0 Å². The van der Waals surface area contributed by atoms with Gasteiger partial charge in [0.2, 0.25) is 0 Å². The van der Waals surface area contributed by atoms with Crippen LogP contribution in [0.3, 0.4) is 0 Å². The van der Waals surface area contributed by atoms with Crippen LogP contribution >= 0.6 is 0 Å². The molecule has 3 N–H and O–H groups in total. The van der Waals surface area contributed by atoms with Gasteiger partial charge in [-0.3, -0.25) is 14.6 Å². The molecule has 2 unspecified atom stereocenters. The van der Waals surface area contributed by atoms with Gasteiger partial charge in [-0.1, -0.05) is 27.7 Å². The smallest absolute Gasteiger partial charge is 0.328 e. The summed E-state index contributed by atoms with van der Waals surface area (Å²) < 4.78 is 10.3. The van der Waals surface area contributed by atoms with Crippen molar-refractivity contribution in [2.75, 3.05) is 13.2 Å². The number of urea groups is 1. The van der Waals surface area contributed by atoms with Crippen LogP contribution in [-0.2, 0) is 28.7 Å². The quantitative estimate of drug-likeness (QED) is 0.0999. The highest BCUT2D eigenvalue weighted by atomic mass is 16.6. The van der Waals surface area contributed by atoms with E-state index in [0.717, 1.165) is 0 Å². The third kappa shape index (κ3) is 14.1. The Labute approximate surface area is 250 Å². The molecule has 0 radical (unpaired) electrons. The summed E-state index contributed by atoms with van der Waals surface area (Å²) in [6.07, 6.45) is 3.22. The summed E-state index contributed by atoms with van der Waals surface area (Å²) in [7, 11) is 0. The van der Waals surface area contributed by atoms with Crippen LogP contribution in [0.1, 0.15) is 107 Å². The fraction of sp³-hybridized carbons (Fsp3) is 0.742. The van der Waals surface area contributed by atoms with E-state index in [9.17, 15) is 29.1 Å². The average Bonchev–Trinajstić information content (AvgIpc) is 2.82. The molecule has 2 atom stereocenters. The van der Waals surface area contributed by atoms with Crippen molar-refractivity contribution in [2.24, 2.45) is 16.3 Å². The highest BCUT2D eigenvalue weighted by Gasteiger charge is 2.35. The van der Waals surface area contributed by atoms with Crippen molar-refractivity contribution in [1.29, 1.82) is 0 Å². The van der Waals surface area contributed by atoms with Gasteiger partial charge in [0.25, 0.3) is 0 Å². The predicted molar refractivity (Wildman–Crippen MR) is 160 cm³/mol. The molecule has 11 nitrogen and oxygen atoms in total. The highest BCUT2D eigenvalue weighted by molar-refractivity contribution is 6.23. The fourth-order valence-corrected chi connectivity index (χ4v) is 4.62. The molecule has 0 aliphatic heterocycles. The van der Waals surface area contributed by atoms with Crippen molar-refractivity contribution in [2.45, 2.75) is 124 Å². The van der Waals surface area contributed by atoms with E-state index in [1.54, 1.807) is 27.7 Å². The van der Waals surface area contributed by atoms with Crippen LogP contribution in [0.25, 0.3) is 0 Å². The predicted octanol–water partition coefficient (Wildman–Crippen LogP) is 4.77. The van der Waals surface area contributed by atoms with Crippen LogP contribution in [0.5, 0.6) is 0 Å². The van der Waals surface area contributed by atoms with Gasteiger partial charge < -0.3 is 30.0 Å². The molecule has 0 spiro atoms. The normalized spacial score (nSPS) is 17.0. The maximum absolute atomic E-state index is 12.8. The zero-order valence-corrected chi connectivity index (χ0v) is 26.6. The molecule has 0 heterocycles. The second-order valence-corrected chi connectivity index (χ2v) is 13.0. The van der Waals surface area contributed by atoms with Crippen LogP contribution < -0.4 is 10.6 Å². The van der Waals surface area contributed by atoms with Gasteiger partial charge in [0.05, 0.1) is 18.2 Å². The van der Waals surface area contributed by atoms with Crippen molar-refractivity contribution in [3.63, 3.8) is 0 Å². The molecule has 1 aliphatic rings. The number of rotatable bonds is 16. The highest BCUT2D eigenvalue weighted by Crippen LogP contribution is 2.36. The van der Waals surface area contributed by atoms with Gasteiger partial charge >= 0.3 is 18.0 Å². The number of esters is 2. The van der Waals surface area contributed by atoms with Crippen LogP contribution in [0, 0.1) is 11.3 Å². The van der Waals surface area contributed by atoms with E-state index >= 15 is 0 Å². The van der Waals surface area contributed by atoms with E-state index in [1.807, 2.05) is 27.7 Å². The Kier molecular flexibility index (Phi) is 14.9. The number of aliphatic imine (C=N–C) groups is 1. The van der Waals surface area contributed by atoms with Crippen LogP contribution in [0.15, 0.2) is 16.3 Å². The molecule has 0 aromatic rings. The standard InChI is InChI=1S/C31H51N3O8/c1-9-41-28(39)22(34-29(40)33-21(19-35)13-14-26(38)42-30(4,5)6)12-10-11-15-32-23(16-20(2)3)27-24(36)17-31(7,8)18-25(27)37/h19-22,36H,9-18H2,1-8H3,(H2,33,34,40). The monoisotopic (exact) mass is 593 g/mol. The Balaban J connectivity index is 2.78. The average molecular weight is 594 g/mol. The number of nitrogens with zero attached hydrogens (tertiary/aromatic N) is 1. The summed E-state index contributed by atoms with van der Waals surface area (Å²) >= 11 is 0. The van der Waals surface area contributed by atoms with Crippen molar-refractivity contribution in [3.8, 4) is 0 Å². The molecule has 0 aromatic heterocycles. The minimum atomic E-state index is -0.948. The van der Waals surface area contributed by atoms with E-state index in [0.29, 0.717) is 56.2 Å². The fourth-order valence-electron chi connectivity index (χ4n) is 4.62. The van der Waals surface area contributed by atoms with E-state index in [1.165, 1.54) is 0 Å². The number of hydrogen-bond donors (Lipinski definition) is 3. The Bertz CT molecular complexity index is 1020. The molecule has 0 fully saturated rings. The summed E-state index contributed by atoms with van der Waals surface area (Å²) in [5, 5.41) is 15.7. The zero-order chi connectivity index (χ0) is 32.1. The number of aliphatic hydroxyl groups is 1. The minimum Gasteiger partial charge on any atom is -0.511 e. The van der Waals surface area contributed by atoms with Gasteiger partial charge in [0, 0.05) is 31.5 Å². The molecule has 0 bridgehead atoms. The Morgan fingerprint density at radius 2 is 1.76 bits per heavy atom. The van der Waals surface area contributed by atoms with Crippen molar-refractivity contribution < 1.29 is 38.6 Å². The number of amides is 2. The number of ether oxygens (including phenoxy) is 2. The van der Waals surface area contributed by atoms with Gasteiger partial charge in [0.15, 0.2) is 5.78 Å². The third-order valence-corrected chi connectivity index (χ3v) is 6.38. The first kappa shape index (κ1) is 36.8. The lowest BCUT2D eigenvalue weighted by atomic mass is 9.75. The first-order valence-electron chi connectivity index (χ1n) is 14.9. The number of ketones is 1. The second-order valence-electron chi connectivity index (χ2n) is 13.0. The summed E-state index contributed by atoms with van der Waals surface area (Å²) in [6.45, 7) is 15.4. The van der Waals surface area contributed by atoms with Crippen LogP contribution in [0.4, 0.5) is 4.79 Å². The number of unbranched alkanes of at least 4 members (excludes halogenated alkanes) is 1. The number of aldehydes is 1. The molecular weight excluding hydrogens is 542 g/mol. The van der Waals surface area contributed by atoms with Crippen molar-refractivity contribution in [3.05, 3.63) is 11.3 Å². The Morgan fingerprint density at radius 1 is 1.10 bits per heavy atom. The molecule has 0 saturated heterocycles. The first-order chi connectivity index (χ1) is 19.5. The number of carbonyl (C=O) groups excluding carboxylic acids is 5. The summed E-state index contributed by atoms with van der Waals surface area (Å²) in [5.41, 5.74) is -0.00864. The number of carbonyl (C=O) groups is 5.